The minimum absolute atomic E-state index is 0.00285. The lowest BCUT2D eigenvalue weighted by Crippen LogP contribution is -2.42. The number of amides is 1. The molecule has 2 saturated heterocycles. The van der Waals surface area contributed by atoms with Crippen molar-refractivity contribution < 1.29 is 14.3 Å². The van der Waals surface area contributed by atoms with E-state index in [0.29, 0.717) is 12.2 Å². The van der Waals surface area contributed by atoms with Crippen LogP contribution in [0.15, 0.2) is 24.3 Å². The first-order chi connectivity index (χ1) is 12.2. The Hall–Kier alpha value is -1.63. The summed E-state index contributed by atoms with van der Waals surface area (Å²) < 4.78 is 10.8. The summed E-state index contributed by atoms with van der Waals surface area (Å²) in [5.74, 6) is 0.803. The molecule has 1 amide bonds. The van der Waals surface area contributed by atoms with E-state index in [2.05, 4.69) is 15.1 Å². The number of nitrogens with one attached hydrogen (secondary N) is 1. The van der Waals surface area contributed by atoms with Gasteiger partial charge in [0.2, 0.25) is 0 Å². The molecule has 25 heavy (non-hydrogen) atoms. The van der Waals surface area contributed by atoms with Crippen LogP contribution in [-0.2, 0) is 4.74 Å². The molecule has 1 aromatic carbocycles. The Balaban J connectivity index is 1.40. The van der Waals surface area contributed by atoms with Crippen LogP contribution >= 0.6 is 0 Å². The topological polar surface area (TPSA) is 54.0 Å². The summed E-state index contributed by atoms with van der Waals surface area (Å²) in [6.45, 7) is 10.5. The Kier molecular flexibility index (Phi) is 6.67. The van der Waals surface area contributed by atoms with Gasteiger partial charge < -0.3 is 14.8 Å². The van der Waals surface area contributed by atoms with Crippen LogP contribution in [0.4, 0.5) is 0 Å². The molecular weight excluding hydrogens is 318 g/mol. The third-order valence-corrected chi connectivity index (χ3v) is 4.87. The molecule has 2 aliphatic rings. The molecular formula is C19H29N3O3. The SMILES string of the molecule is CCOc1ccc(C(=O)N[C@@H]2CCN(CCN3CCOCC3)C2)cc1. The van der Waals surface area contributed by atoms with Crippen molar-refractivity contribution >= 4 is 5.91 Å². The Morgan fingerprint density at radius 1 is 1.16 bits per heavy atom. The second-order valence-electron chi connectivity index (χ2n) is 6.67. The van der Waals surface area contributed by atoms with Crippen molar-refractivity contribution in [3.8, 4) is 5.75 Å². The van der Waals surface area contributed by atoms with Crippen molar-refractivity contribution in [1.82, 2.24) is 15.1 Å². The maximum Gasteiger partial charge on any atom is 0.251 e. The van der Waals surface area contributed by atoms with Crippen molar-refractivity contribution in [2.45, 2.75) is 19.4 Å². The standard InChI is InChI=1S/C19H29N3O3/c1-2-25-18-5-3-16(4-6-18)19(23)20-17-7-8-22(15-17)10-9-21-11-13-24-14-12-21/h3-6,17H,2,7-15H2,1H3,(H,20,23)/t17-/m1/s1. The molecule has 2 aliphatic heterocycles. The first-order valence-corrected chi connectivity index (χ1v) is 9.31. The average molecular weight is 347 g/mol. The number of carbonyl (C=O) groups excluding carboxylic acids is 1. The van der Waals surface area contributed by atoms with Crippen LogP contribution < -0.4 is 10.1 Å². The summed E-state index contributed by atoms with van der Waals surface area (Å²) >= 11 is 0. The predicted molar refractivity (Wildman–Crippen MR) is 97.2 cm³/mol. The fraction of sp³-hybridized carbons (Fsp3) is 0.632. The van der Waals surface area contributed by atoms with Crippen LogP contribution in [0.25, 0.3) is 0 Å². The van der Waals surface area contributed by atoms with E-state index in [9.17, 15) is 4.79 Å². The van der Waals surface area contributed by atoms with Gasteiger partial charge in [0.15, 0.2) is 0 Å². The lowest BCUT2D eigenvalue weighted by atomic mass is 10.2. The van der Waals surface area contributed by atoms with Crippen LogP contribution in [0.1, 0.15) is 23.7 Å². The Morgan fingerprint density at radius 3 is 2.60 bits per heavy atom. The molecule has 0 bridgehead atoms. The maximum absolute atomic E-state index is 12.4. The molecule has 1 aromatic rings. The number of benzene rings is 1. The minimum Gasteiger partial charge on any atom is -0.494 e. The van der Waals surface area contributed by atoms with Crippen LogP contribution in [0.5, 0.6) is 5.75 Å². The largest absolute Gasteiger partial charge is 0.494 e. The summed E-state index contributed by atoms with van der Waals surface area (Å²) in [4.78, 5) is 17.3. The number of hydrogen-bond donors (Lipinski definition) is 1. The highest BCUT2D eigenvalue weighted by Gasteiger charge is 2.24. The molecule has 0 aliphatic carbocycles. The molecule has 0 spiro atoms. The van der Waals surface area contributed by atoms with Gasteiger partial charge in [-0.2, -0.15) is 0 Å². The van der Waals surface area contributed by atoms with Gasteiger partial charge in [-0.1, -0.05) is 0 Å². The van der Waals surface area contributed by atoms with Crippen molar-refractivity contribution in [3.05, 3.63) is 29.8 Å². The Labute approximate surface area is 150 Å². The maximum atomic E-state index is 12.4. The Bertz CT molecular complexity index is 543. The highest BCUT2D eigenvalue weighted by atomic mass is 16.5. The fourth-order valence-electron chi connectivity index (χ4n) is 3.40. The monoisotopic (exact) mass is 347 g/mol. The second-order valence-corrected chi connectivity index (χ2v) is 6.67. The first-order valence-electron chi connectivity index (χ1n) is 9.31. The molecule has 6 nitrogen and oxygen atoms in total. The molecule has 1 N–H and O–H groups in total. The van der Waals surface area contributed by atoms with Crippen LogP contribution in [0.2, 0.25) is 0 Å². The van der Waals surface area contributed by atoms with E-state index in [1.165, 1.54) is 0 Å². The highest BCUT2D eigenvalue weighted by molar-refractivity contribution is 5.94. The third-order valence-electron chi connectivity index (χ3n) is 4.87. The number of hydrogen-bond acceptors (Lipinski definition) is 5. The molecule has 0 saturated carbocycles. The molecule has 1 atom stereocenters. The van der Waals surface area contributed by atoms with Gasteiger partial charge in [0, 0.05) is 50.9 Å². The second kappa shape index (κ2) is 9.17. The molecule has 0 unspecified atom stereocenters. The highest BCUT2D eigenvalue weighted by Crippen LogP contribution is 2.14. The number of morpholine rings is 1. The van der Waals surface area contributed by atoms with Crippen LogP contribution in [0.3, 0.4) is 0 Å². The lowest BCUT2D eigenvalue weighted by molar-refractivity contribution is 0.0343. The third kappa shape index (κ3) is 5.42. The predicted octanol–water partition coefficient (Wildman–Crippen LogP) is 1.22. The molecule has 138 valence electrons. The number of nitrogens with zero attached hydrogens (tertiary/aromatic N) is 2. The van der Waals surface area contributed by atoms with Gasteiger partial charge in [-0.3, -0.25) is 14.6 Å². The van der Waals surface area contributed by atoms with E-state index in [1.807, 2.05) is 31.2 Å². The lowest BCUT2D eigenvalue weighted by Gasteiger charge is -2.28. The van der Waals surface area contributed by atoms with Crippen molar-refractivity contribution in [2.75, 3.05) is 59.1 Å². The zero-order valence-corrected chi connectivity index (χ0v) is 15.1. The van der Waals surface area contributed by atoms with E-state index in [0.717, 1.165) is 64.7 Å². The van der Waals surface area contributed by atoms with E-state index in [-0.39, 0.29) is 11.9 Å². The summed E-state index contributed by atoms with van der Waals surface area (Å²) in [6, 6.07) is 7.59. The van der Waals surface area contributed by atoms with E-state index < -0.39 is 0 Å². The van der Waals surface area contributed by atoms with E-state index in [4.69, 9.17) is 9.47 Å². The van der Waals surface area contributed by atoms with Crippen LogP contribution in [-0.4, -0.2) is 80.8 Å². The molecule has 2 fully saturated rings. The van der Waals surface area contributed by atoms with Gasteiger partial charge in [0.1, 0.15) is 5.75 Å². The zero-order valence-electron chi connectivity index (χ0n) is 15.1. The molecule has 0 aromatic heterocycles. The quantitative estimate of drug-likeness (QED) is 0.804. The Morgan fingerprint density at radius 2 is 1.88 bits per heavy atom. The summed E-state index contributed by atoms with van der Waals surface area (Å²) in [6.07, 6.45) is 1.02. The van der Waals surface area contributed by atoms with E-state index in [1.54, 1.807) is 0 Å². The average Bonchev–Trinajstić information content (AvgIpc) is 3.09. The number of carbonyl (C=O) groups is 1. The molecule has 0 radical (unpaired) electrons. The fourth-order valence-corrected chi connectivity index (χ4v) is 3.40. The zero-order chi connectivity index (χ0) is 17.5. The molecule has 2 heterocycles. The molecule has 3 rings (SSSR count). The van der Waals surface area contributed by atoms with Gasteiger partial charge in [0.05, 0.1) is 19.8 Å². The smallest absolute Gasteiger partial charge is 0.251 e. The summed E-state index contributed by atoms with van der Waals surface area (Å²) in [5, 5.41) is 3.16. The normalized spacial score (nSPS) is 22.0. The van der Waals surface area contributed by atoms with Gasteiger partial charge in [0.25, 0.3) is 5.91 Å². The summed E-state index contributed by atoms with van der Waals surface area (Å²) in [5.41, 5.74) is 0.690. The summed E-state index contributed by atoms with van der Waals surface area (Å²) in [7, 11) is 0. The van der Waals surface area contributed by atoms with Gasteiger partial charge in [-0.25, -0.2) is 0 Å². The van der Waals surface area contributed by atoms with Crippen LogP contribution in [0, 0.1) is 0 Å². The van der Waals surface area contributed by atoms with Crippen molar-refractivity contribution in [3.63, 3.8) is 0 Å². The number of likely N-dealkylation sites (tertiary alicyclic amines) is 1. The minimum atomic E-state index is 0.00285. The van der Waals surface area contributed by atoms with E-state index >= 15 is 0 Å². The number of rotatable bonds is 7. The number of ether oxygens (including phenoxy) is 2. The van der Waals surface area contributed by atoms with Crippen molar-refractivity contribution in [2.24, 2.45) is 0 Å². The first kappa shape index (κ1) is 18.2. The molecule has 6 heteroatoms. The van der Waals surface area contributed by atoms with Crippen molar-refractivity contribution in [1.29, 1.82) is 0 Å². The van der Waals surface area contributed by atoms with Gasteiger partial charge in [-0.15, -0.1) is 0 Å². The van der Waals surface area contributed by atoms with Gasteiger partial charge in [-0.05, 0) is 37.6 Å². The van der Waals surface area contributed by atoms with Gasteiger partial charge >= 0.3 is 0 Å².